The molecule has 0 saturated carbocycles. The third-order valence-electron chi connectivity index (χ3n) is 6.56. The van der Waals surface area contributed by atoms with E-state index in [1.165, 1.54) is 64.0 Å². The first-order valence-corrected chi connectivity index (χ1v) is 17.8. The van der Waals surface area contributed by atoms with E-state index in [2.05, 4.69) is 0 Å². The van der Waals surface area contributed by atoms with Crippen molar-refractivity contribution in [3.8, 4) is 0 Å². The Morgan fingerprint density at radius 2 is 0.658 bits per heavy atom. The second-order valence-corrected chi connectivity index (χ2v) is 17.4. The van der Waals surface area contributed by atoms with E-state index in [0.29, 0.717) is 24.9 Å². The summed E-state index contributed by atoms with van der Waals surface area (Å²) in [5.41, 5.74) is -2.20. The van der Waals surface area contributed by atoms with Crippen molar-refractivity contribution < 1.29 is 39.8 Å². The average Bonchev–Trinajstić information content (AvgIpc) is 2.95. The minimum atomic E-state index is -3.11. The maximum absolute atomic E-state index is 13.4. The lowest BCUT2D eigenvalue weighted by Gasteiger charge is -2.25. The van der Waals surface area contributed by atoms with Crippen LogP contribution in [0.3, 0.4) is 0 Å². The molecule has 0 fully saturated rings. The van der Waals surface area contributed by atoms with Gasteiger partial charge < -0.3 is 39.8 Å². The molecule has 1 aromatic heterocycles. The van der Waals surface area contributed by atoms with E-state index in [4.69, 9.17) is 39.8 Å². The van der Waals surface area contributed by atoms with Gasteiger partial charge in [-0.1, -0.05) is 0 Å². The molecule has 0 bridgehead atoms. The molecule has 1 aromatic rings. The SMILES string of the molecule is CO[Si](CCCn1c(=O)n(CCC[Si](OC)(OC)OC)c(=O)n(CC[Si](OC)(OC)OC)c1=O)(OC)OC. The minimum absolute atomic E-state index is 0.0249. The number of rotatable bonds is 20. The van der Waals surface area contributed by atoms with Crippen LogP contribution in [0.5, 0.6) is 0 Å². The number of aromatic nitrogens is 3. The molecule has 18 heteroatoms. The van der Waals surface area contributed by atoms with Crippen LogP contribution in [0, 0.1) is 0 Å². The zero-order chi connectivity index (χ0) is 29.0. The van der Waals surface area contributed by atoms with E-state index in [9.17, 15) is 14.4 Å². The topological polar surface area (TPSA) is 149 Å². The van der Waals surface area contributed by atoms with Gasteiger partial charge in [-0.05, 0) is 12.8 Å². The molecule has 222 valence electrons. The summed E-state index contributed by atoms with van der Waals surface area (Å²) in [5.74, 6) is 0. The average molecular weight is 602 g/mol. The summed E-state index contributed by atoms with van der Waals surface area (Å²) in [5, 5.41) is 0. The van der Waals surface area contributed by atoms with E-state index in [-0.39, 0.29) is 25.7 Å². The van der Waals surface area contributed by atoms with Crippen molar-refractivity contribution >= 4 is 26.4 Å². The Labute approximate surface area is 226 Å². The maximum Gasteiger partial charge on any atom is 0.501 e. The predicted molar refractivity (Wildman–Crippen MR) is 143 cm³/mol. The molecule has 38 heavy (non-hydrogen) atoms. The van der Waals surface area contributed by atoms with Gasteiger partial charge in [-0.15, -0.1) is 0 Å². The molecule has 0 aromatic carbocycles. The molecule has 1 heterocycles. The van der Waals surface area contributed by atoms with Gasteiger partial charge in [0.2, 0.25) is 0 Å². The smallest absolute Gasteiger partial charge is 0.377 e. The van der Waals surface area contributed by atoms with Gasteiger partial charge in [0.15, 0.2) is 0 Å². The monoisotopic (exact) mass is 601 g/mol. The summed E-state index contributed by atoms with van der Waals surface area (Å²) in [4.78, 5) is 40.0. The van der Waals surface area contributed by atoms with Crippen molar-refractivity contribution in [2.75, 3.05) is 64.0 Å². The second kappa shape index (κ2) is 16.1. The van der Waals surface area contributed by atoms with Crippen LogP contribution < -0.4 is 17.1 Å². The Balaban J connectivity index is 3.44. The first kappa shape index (κ1) is 34.7. The number of hydrogen-bond acceptors (Lipinski definition) is 12. The van der Waals surface area contributed by atoms with Gasteiger partial charge in [0.1, 0.15) is 0 Å². The predicted octanol–water partition coefficient (Wildman–Crippen LogP) is -0.414. The maximum atomic E-state index is 13.4. The first-order valence-electron chi connectivity index (χ1n) is 12.0. The molecular weight excluding hydrogens is 558 g/mol. The molecule has 0 aliphatic carbocycles. The Hall–Kier alpha value is -1.30. The summed E-state index contributed by atoms with van der Waals surface area (Å²) >= 11 is 0. The van der Waals surface area contributed by atoms with E-state index in [1.807, 2.05) is 0 Å². The Kier molecular flexibility index (Phi) is 14.7. The van der Waals surface area contributed by atoms with Crippen molar-refractivity contribution in [1.82, 2.24) is 13.7 Å². The Bertz CT molecular complexity index is 930. The summed E-state index contributed by atoms with van der Waals surface area (Å²) in [6, 6.07) is 0.861. The lowest BCUT2D eigenvalue weighted by Crippen LogP contribution is -2.56. The van der Waals surface area contributed by atoms with Crippen LogP contribution in [-0.4, -0.2) is 104 Å². The van der Waals surface area contributed by atoms with Gasteiger partial charge in [0, 0.05) is 102 Å². The summed E-state index contributed by atoms with van der Waals surface area (Å²) in [6.07, 6.45) is 0.685. The zero-order valence-electron chi connectivity index (χ0n) is 23.9. The fourth-order valence-corrected chi connectivity index (χ4v) is 9.10. The van der Waals surface area contributed by atoms with E-state index >= 15 is 0 Å². The number of nitrogens with zero attached hydrogens (tertiary/aromatic N) is 3. The molecule has 0 saturated heterocycles. The highest BCUT2D eigenvalue weighted by molar-refractivity contribution is 6.61. The summed E-state index contributed by atoms with van der Waals surface area (Å²) in [7, 11) is 4.27. The normalized spacial score (nSPS) is 12.9. The molecule has 0 unspecified atom stereocenters. The second-order valence-electron chi connectivity index (χ2n) is 8.15. The van der Waals surface area contributed by atoms with Crippen LogP contribution in [0.1, 0.15) is 12.8 Å². The van der Waals surface area contributed by atoms with Crippen molar-refractivity contribution in [2.24, 2.45) is 0 Å². The minimum Gasteiger partial charge on any atom is -0.377 e. The molecule has 0 amide bonds. The quantitative estimate of drug-likeness (QED) is 0.179. The lowest BCUT2D eigenvalue weighted by atomic mass is 10.4. The van der Waals surface area contributed by atoms with Gasteiger partial charge in [-0.2, -0.15) is 0 Å². The van der Waals surface area contributed by atoms with Crippen LogP contribution >= 0.6 is 0 Å². The van der Waals surface area contributed by atoms with Crippen molar-refractivity contribution in [3.05, 3.63) is 31.5 Å². The largest absolute Gasteiger partial charge is 0.501 e. The Morgan fingerprint density at radius 3 is 0.921 bits per heavy atom. The summed E-state index contributed by atoms with van der Waals surface area (Å²) < 4.78 is 51.9. The number of hydrogen-bond donors (Lipinski definition) is 0. The molecule has 0 N–H and O–H groups in total. The van der Waals surface area contributed by atoms with Gasteiger partial charge >= 0.3 is 43.5 Å². The first-order chi connectivity index (χ1) is 18.1. The molecule has 0 aliphatic heterocycles. The third kappa shape index (κ3) is 8.11. The Morgan fingerprint density at radius 1 is 0.421 bits per heavy atom. The van der Waals surface area contributed by atoms with Crippen LogP contribution in [0.2, 0.25) is 18.1 Å². The molecule has 0 spiro atoms. The zero-order valence-corrected chi connectivity index (χ0v) is 26.9. The molecule has 0 aliphatic rings. The van der Waals surface area contributed by atoms with Gasteiger partial charge in [-0.25, -0.2) is 28.1 Å². The van der Waals surface area contributed by atoms with Crippen molar-refractivity contribution in [2.45, 2.75) is 50.6 Å². The van der Waals surface area contributed by atoms with E-state index in [1.54, 1.807) is 0 Å². The van der Waals surface area contributed by atoms with E-state index in [0.717, 1.165) is 13.7 Å². The summed E-state index contributed by atoms with van der Waals surface area (Å²) in [6.45, 7) is -0.0202. The molecule has 0 radical (unpaired) electrons. The van der Waals surface area contributed by atoms with Gasteiger partial charge in [-0.3, -0.25) is 0 Å². The highest BCUT2D eigenvalue weighted by Gasteiger charge is 2.39. The van der Waals surface area contributed by atoms with E-state index < -0.39 is 43.5 Å². The molecule has 0 atom stereocenters. The van der Waals surface area contributed by atoms with Crippen LogP contribution in [0.4, 0.5) is 0 Å². The molecule has 1 rings (SSSR count). The van der Waals surface area contributed by atoms with Gasteiger partial charge in [0.25, 0.3) is 0 Å². The van der Waals surface area contributed by atoms with Crippen LogP contribution in [0.15, 0.2) is 14.4 Å². The van der Waals surface area contributed by atoms with Crippen LogP contribution in [0.25, 0.3) is 0 Å². The highest BCUT2D eigenvalue weighted by atomic mass is 28.4. The lowest BCUT2D eigenvalue weighted by molar-refractivity contribution is 0.120. The van der Waals surface area contributed by atoms with Gasteiger partial charge in [0.05, 0.1) is 0 Å². The standard InChI is InChI=1S/C20H43N3O12Si3/c1-27-36(28-2,29-3)15-10-12-21-18(24)22(13-11-16-37(30-4,31-5)32-6)20(26)23(19(21)25)14-17-38(33-7,34-8)35-9/h10-17H2,1-9H3. The fraction of sp³-hybridized carbons (Fsp3) is 0.850. The van der Waals surface area contributed by atoms with Crippen molar-refractivity contribution in [1.29, 1.82) is 0 Å². The molecule has 15 nitrogen and oxygen atoms in total. The van der Waals surface area contributed by atoms with Crippen LogP contribution in [-0.2, 0) is 59.5 Å². The fourth-order valence-electron chi connectivity index (χ4n) is 4.08. The highest BCUT2D eigenvalue weighted by Crippen LogP contribution is 2.16. The molecular formula is C20H43N3O12Si3. The van der Waals surface area contributed by atoms with Crippen molar-refractivity contribution in [3.63, 3.8) is 0 Å². The third-order valence-corrected chi connectivity index (χ3v) is 14.9.